The SMILES string of the molecule is C=C1[C@@H](C)[C@H]2[C@H](Cc3c[nH]c4ccccc34)NC(=O)[C@]23C(=O)CC[C@H](O)C(=O)/C(C)=C\[C@@H](C)CC=C[C@H]3[C@@H]1O. The number of hydrogen-bond acceptors (Lipinski definition) is 5. The second-order valence-corrected chi connectivity index (χ2v) is 11.7. The molecule has 8 atom stereocenters. The van der Waals surface area contributed by atoms with E-state index in [1.165, 1.54) is 0 Å². The molecule has 1 aliphatic heterocycles. The molecule has 0 unspecified atom stereocenters. The Kier molecular flexibility index (Phi) is 7.25. The highest BCUT2D eigenvalue weighted by atomic mass is 16.3. The monoisotopic (exact) mass is 530 g/mol. The highest BCUT2D eigenvalue weighted by molar-refractivity contribution is 6.09. The highest BCUT2D eigenvalue weighted by Gasteiger charge is 2.68. The molecule has 1 saturated heterocycles. The average Bonchev–Trinajstić information content (AvgIpc) is 3.45. The van der Waals surface area contributed by atoms with Gasteiger partial charge in [-0.25, -0.2) is 0 Å². The van der Waals surface area contributed by atoms with Crippen LogP contribution in [0.25, 0.3) is 10.9 Å². The van der Waals surface area contributed by atoms with Crippen LogP contribution in [0.2, 0.25) is 0 Å². The Morgan fingerprint density at radius 2 is 1.87 bits per heavy atom. The van der Waals surface area contributed by atoms with Crippen LogP contribution in [0, 0.1) is 29.1 Å². The Labute approximate surface area is 229 Å². The Balaban J connectivity index is 1.60. The van der Waals surface area contributed by atoms with Crippen LogP contribution in [-0.2, 0) is 20.8 Å². The predicted molar refractivity (Wildman–Crippen MR) is 150 cm³/mol. The van der Waals surface area contributed by atoms with Crippen LogP contribution in [0.15, 0.2) is 66.4 Å². The largest absolute Gasteiger partial charge is 0.388 e. The lowest BCUT2D eigenvalue weighted by atomic mass is 9.51. The maximum Gasteiger partial charge on any atom is 0.235 e. The number of benzene rings is 1. The van der Waals surface area contributed by atoms with E-state index in [4.69, 9.17) is 0 Å². The zero-order chi connectivity index (χ0) is 28.1. The normalized spacial score (nSPS) is 37.3. The van der Waals surface area contributed by atoms with Gasteiger partial charge in [-0.15, -0.1) is 0 Å². The van der Waals surface area contributed by atoms with E-state index in [1.54, 1.807) is 6.92 Å². The van der Waals surface area contributed by atoms with Crippen molar-refractivity contribution in [1.82, 2.24) is 10.3 Å². The van der Waals surface area contributed by atoms with Gasteiger partial charge >= 0.3 is 0 Å². The summed E-state index contributed by atoms with van der Waals surface area (Å²) in [5.74, 6) is -2.71. The number of para-hydroxylation sites is 1. The number of nitrogens with one attached hydrogen (secondary N) is 2. The van der Waals surface area contributed by atoms with Crippen molar-refractivity contribution < 1.29 is 24.6 Å². The van der Waals surface area contributed by atoms with Crippen molar-refractivity contribution >= 4 is 28.4 Å². The molecule has 2 fully saturated rings. The molecular weight excluding hydrogens is 492 g/mol. The van der Waals surface area contributed by atoms with Gasteiger partial charge in [-0.2, -0.15) is 0 Å². The average molecular weight is 531 g/mol. The fraction of sp³-hybridized carbons (Fsp3) is 0.469. The molecule has 7 heteroatoms. The molecule has 5 rings (SSSR count). The number of rotatable bonds is 2. The summed E-state index contributed by atoms with van der Waals surface area (Å²) in [6.45, 7) is 9.79. The Morgan fingerprint density at radius 1 is 1.13 bits per heavy atom. The van der Waals surface area contributed by atoms with Gasteiger partial charge in [0.15, 0.2) is 5.78 Å². The number of aliphatic hydroxyl groups excluding tert-OH is 2. The Hall–Kier alpha value is -3.29. The molecule has 1 aromatic heterocycles. The van der Waals surface area contributed by atoms with Gasteiger partial charge in [-0.1, -0.05) is 56.9 Å². The first-order chi connectivity index (χ1) is 18.6. The van der Waals surface area contributed by atoms with E-state index in [9.17, 15) is 24.6 Å². The van der Waals surface area contributed by atoms with Crippen molar-refractivity contribution in [1.29, 1.82) is 0 Å². The Morgan fingerprint density at radius 3 is 2.64 bits per heavy atom. The van der Waals surface area contributed by atoms with Gasteiger partial charge in [0, 0.05) is 41.4 Å². The van der Waals surface area contributed by atoms with Crippen molar-refractivity contribution in [2.24, 2.45) is 29.1 Å². The first-order valence-electron chi connectivity index (χ1n) is 13.9. The van der Waals surface area contributed by atoms with E-state index in [0.29, 0.717) is 24.0 Å². The number of ketones is 2. The molecule has 0 radical (unpaired) electrons. The van der Waals surface area contributed by atoms with Crippen LogP contribution in [0.5, 0.6) is 0 Å². The standard InChI is InChI=1S/C32H38N2O5/c1-17-8-7-10-23-30(38)20(4)19(3)28-25(15-21-16-33-24-11-6-5-9-22(21)24)34-31(39)32(23,28)27(36)13-12-26(35)29(37)18(2)14-17/h5-7,9-11,14,16-17,19,23,25-26,28,30,33,35,38H,4,8,12-13,15H2,1-3H3,(H,34,39)/b10-7?,18-14-/t17-,19+,23-,25-,26-,28-,30+,32+/m0/s1. The van der Waals surface area contributed by atoms with Crippen molar-refractivity contribution in [2.45, 2.75) is 64.7 Å². The van der Waals surface area contributed by atoms with Crippen LogP contribution in [0.3, 0.4) is 0 Å². The molecule has 1 amide bonds. The molecule has 2 aliphatic carbocycles. The van der Waals surface area contributed by atoms with E-state index in [-0.39, 0.29) is 36.5 Å². The summed E-state index contributed by atoms with van der Waals surface area (Å²) >= 11 is 0. The molecule has 4 N–H and O–H groups in total. The summed E-state index contributed by atoms with van der Waals surface area (Å²) in [4.78, 5) is 44.4. The number of carbonyl (C=O) groups is 3. The first-order valence-corrected chi connectivity index (χ1v) is 13.9. The number of amides is 1. The predicted octanol–water partition coefficient (Wildman–Crippen LogP) is 3.82. The van der Waals surface area contributed by atoms with Gasteiger partial charge in [0.2, 0.25) is 5.91 Å². The third kappa shape index (κ3) is 4.42. The number of allylic oxidation sites excluding steroid dienone is 2. The number of H-pyrrole nitrogens is 1. The molecule has 2 heterocycles. The van der Waals surface area contributed by atoms with E-state index in [0.717, 1.165) is 16.5 Å². The van der Waals surface area contributed by atoms with Gasteiger partial charge in [-0.05, 0) is 60.8 Å². The molecule has 0 bridgehead atoms. The van der Waals surface area contributed by atoms with E-state index in [2.05, 4.69) is 16.9 Å². The second-order valence-electron chi connectivity index (χ2n) is 11.7. The lowest BCUT2D eigenvalue weighted by Crippen LogP contribution is -2.58. The summed E-state index contributed by atoms with van der Waals surface area (Å²) in [6, 6.07) is 7.61. The van der Waals surface area contributed by atoms with Crippen molar-refractivity contribution in [2.75, 3.05) is 0 Å². The Bertz CT molecular complexity index is 1390. The van der Waals surface area contributed by atoms with Crippen LogP contribution in [0.4, 0.5) is 0 Å². The highest BCUT2D eigenvalue weighted by Crippen LogP contribution is 2.57. The van der Waals surface area contributed by atoms with Crippen molar-refractivity contribution in [3.8, 4) is 0 Å². The first kappa shape index (κ1) is 27.3. The molecular formula is C32H38N2O5. The fourth-order valence-corrected chi connectivity index (χ4v) is 7.30. The maximum absolute atomic E-state index is 14.2. The van der Waals surface area contributed by atoms with Gasteiger partial charge in [-0.3, -0.25) is 14.4 Å². The number of hydrogen-bond donors (Lipinski definition) is 4. The summed E-state index contributed by atoms with van der Waals surface area (Å²) in [7, 11) is 0. The number of carbonyl (C=O) groups excluding carboxylic acids is 3. The second kappa shape index (κ2) is 10.4. The van der Waals surface area contributed by atoms with Gasteiger partial charge < -0.3 is 20.5 Å². The van der Waals surface area contributed by atoms with E-state index in [1.807, 2.05) is 62.5 Å². The smallest absolute Gasteiger partial charge is 0.235 e. The van der Waals surface area contributed by atoms with Gasteiger partial charge in [0.25, 0.3) is 0 Å². The van der Waals surface area contributed by atoms with Crippen LogP contribution < -0.4 is 5.32 Å². The molecule has 1 spiro atoms. The zero-order valence-corrected chi connectivity index (χ0v) is 22.8. The van der Waals surface area contributed by atoms with E-state index < -0.39 is 41.1 Å². The molecule has 39 heavy (non-hydrogen) atoms. The summed E-state index contributed by atoms with van der Waals surface area (Å²) in [5.41, 5.74) is 1.58. The quantitative estimate of drug-likeness (QED) is 0.348. The molecule has 7 nitrogen and oxygen atoms in total. The minimum absolute atomic E-state index is 0.00418. The van der Waals surface area contributed by atoms with Crippen LogP contribution >= 0.6 is 0 Å². The molecule has 1 saturated carbocycles. The molecule has 2 aromatic rings. The van der Waals surface area contributed by atoms with Gasteiger partial charge in [0.05, 0.1) is 6.10 Å². The third-order valence-corrected chi connectivity index (χ3v) is 9.32. The molecule has 1 aromatic carbocycles. The number of aromatic amines is 1. The lowest BCUT2D eigenvalue weighted by molar-refractivity contribution is -0.152. The topological polar surface area (TPSA) is 119 Å². The summed E-state index contributed by atoms with van der Waals surface area (Å²) in [6.07, 6.45) is 5.94. The minimum Gasteiger partial charge on any atom is -0.388 e. The van der Waals surface area contributed by atoms with Crippen LogP contribution in [-0.4, -0.2) is 50.9 Å². The van der Waals surface area contributed by atoms with Gasteiger partial charge in [0.1, 0.15) is 17.3 Å². The molecule has 206 valence electrons. The van der Waals surface area contributed by atoms with Crippen molar-refractivity contribution in [3.05, 3.63) is 72.0 Å². The van der Waals surface area contributed by atoms with Crippen molar-refractivity contribution in [3.63, 3.8) is 0 Å². The number of aromatic nitrogens is 1. The lowest BCUT2D eigenvalue weighted by Gasteiger charge is -2.49. The number of fused-ring (bicyclic) bond motifs is 1. The summed E-state index contributed by atoms with van der Waals surface area (Å²) < 4.78 is 0. The minimum atomic E-state index is -1.53. The van der Waals surface area contributed by atoms with E-state index >= 15 is 0 Å². The fourth-order valence-electron chi connectivity index (χ4n) is 7.30. The third-order valence-electron chi connectivity index (χ3n) is 9.32. The molecule has 3 aliphatic rings. The summed E-state index contributed by atoms with van der Waals surface area (Å²) in [5, 5.41) is 26.3. The number of aliphatic hydroxyl groups is 2. The number of Topliss-reactive ketones (excluding diaryl/α,β-unsaturated/α-hetero) is 2. The van der Waals surface area contributed by atoms with Crippen LogP contribution in [0.1, 0.15) is 45.6 Å². The maximum atomic E-state index is 14.2. The zero-order valence-electron chi connectivity index (χ0n) is 22.8.